The molecule has 1 heterocycles. The van der Waals surface area contributed by atoms with Gasteiger partial charge in [-0.2, -0.15) is 0 Å². The molecule has 2 N–H and O–H groups in total. The Balaban J connectivity index is 0.000000186. The predicted octanol–water partition coefficient (Wildman–Crippen LogP) is 2.61. The molecule has 0 aliphatic carbocycles. The second-order valence-electron chi connectivity index (χ2n) is 4.27. The Morgan fingerprint density at radius 2 is 1.68 bits per heavy atom. The summed E-state index contributed by atoms with van der Waals surface area (Å²) in [6, 6.07) is 19.8. The van der Waals surface area contributed by atoms with Gasteiger partial charge in [-0.25, -0.2) is 0 Å². The topological polar surface area (TPSA) is 47.8 Å². The van der Waals surface area contributed by atoms with Gasteiger partial charge in [0.15, 0.2) is 0 Å². The molecule has 0 bridgehead atoms. The van der Waals surface area contributed by atoms with Gasteiger partial charge in [0.2, 0.25) is 0 Å². The van der Waals surface area contributed by atoms with Crippen molar-refractivity contribution >= 4 is 0 Å². The summed E-state index contributed by atoms with van der Waals surface area (Å²) in [5.74, 6) is 0.874. The molecule has 19 heavy (non-hydrogen) atoms. The van der Waals surface area contributed by atoms with Crippen LogP contribution < -0.4 is 10.5 Å². The van der Waals surface area contributed by atoms with E-state index in [-0.39, 0.29) is 0 Å². The first-order valence-corrected chi connectivity index (χ1v) is 6.42. The molecule has 0 saturated carbocycles. The van der Waals surface area contributed by atoms with Gasteiger partial charge < -0.3 is 15.2 Å². The number of ether oxygens (including phenoxy) is 2. The fourth-order valence-electron chi connectivity index (χ4n) is 1.50. The lowest BCUT2D eigenvalue weighted by Gasteiger charge is -2.04. The van der Waals surface area contributed by atoms with Crippen molar-refractivity contribution in [1.82, 2.24) is 0 Å². The molecule has 2 aromatic rings. The molecule has 1 fully saturated rings. The lowest BCUT2D eigenvalue weighted by molar-refractivity contribution is 0.263. The zero-order valence-electron chi connectivity index (χ0n) is 10.9. The molecule has 3 heteroatoms. The Bertz CT molecular complexity index is 442. The molecular weight excluding hydrogens is 238 g/mol. The second kappa shape index (κ2) is 7.56. The van der Waals surface area contributed by atoms with Gasteiger partial charge in [-0.3, -0.25) is 0 Å². The van der Waals surface area contributed by atoms with Crippen LogP contribution in [0.25, 0.3) is 0 Å². The van der Waals surface area contributed by atoms with E-state index in [4.69, 9.17) is 15.2 Å². The fraction of sp³-hybridized carbons (Fsp3) is 0.250. The molecule has 2 aromatic carbocycles. The highest BCUT2D eigenvalue weighted by Crippen LogP contribution is 2.16. The van der Waals surface area contributed by atoms with Crippen molar-refractivity contribution in [2.75, 3.05) is 13.2 Å². The van der Waals surface area contributed by atoms with Crippen molar-refractivity contribution in [3.05, 3.63) is 66.2 Å². The minimum Gasteiger partial charge on any atom is -0.491 e. The van der Waals surface area contributed by atoms with Crippen molar-refractivity contribution in [3.63, 3.8) is 0 Å². The summed E-state index contributed by atoms with van der Waals surface area (Å²) < 4.78 is 10.5. The third-order valence-corrected chi connectivity index (χ3v) is 2.64. The molecule has 1 unspecified atom stereocenters. The van der Waals surface area contributed by atoms with E-state index in [1.54, 1.807) is 0 Å². The molecule has 0 amide bonds. The monoisotopic (exact) mass is 257 g/mol. The van der Waals surface area contributed by atoms with Gasteiger partial charge >= 0.3 is 0 Å². The van der Waals surface area contributed by atoms with Gasteiger partial charge in [0.1, 0.15) is 18.5 Å². The molecule has 100 valence electrons. The van der Waals surface area contributed by atoms with E-state index < -0.39 is 0 Å². The summed E-state index contributed by atoms with van der Waals surface area (Å²) in [5.41, 5.74) is 6.60. The van der Waals surface area contributed by atoms with Crippen molar-refractivity contribution in [2.45, 2.75) is 12.6 Å². The average Bonchev–Trinajstić information content (AvgIpc) is 3.32. The second-order valence-corrected chi connectivity index (χ2v) is 4.27. The van der Waals surface area contributed by atoms with Crippen LogP contribution in [0.3, 0.4) is 0 Å². The molecule has 1 saturated heterocycles. The standard InChI is InChI=1S/C10H13NO2.C6H6/c11-5-8-2-1-3-9(4-8)12-6-10-7-13-10;1-2-4-6-5-3-1/h1-4,10H,5-7,11H2;1-6H. The Labute approximate surface area is 114 Å². The maximum Gasteiger partial charge on any atom is 0.119 e. The van der Waals surface area contributed by atoms with Gasteiger partial charge in [-0.05, 0) is 17.7 Å². The van der Waals surface area contributed by atoms with E-state index in [1.165, 1.54) is 0 Å². The van der Waals surface area contributed by atoms with Crippen LogP contribution in [0.15, 0.2) is 60.7 Å². The molecule has 1 atom stereocenters. The highest BCUT2D eigenvalue weighted by molar-refractivity contribution is 5.28. The Hall–Kier alpha value is -1.84. The predicted molar refractivity (Wildman–Crippen MR) is 76.0 cm³/mol. The van der Waals surface area contributed by atoms with Crippen molar-refractivity contribution < 1.29 is 9.47 Å². The summed E-state index contributed by atoms with van der Waals surface area (Å²) in [7, 11) is 0. The summed E-state index contributed by atoms with van der Waals surface area (Å²) >= 11 is 0. The number of epoxide rings is 1. The van der Waals surface area contributed by atoms with Gasteiger partial charge in [-0.1, -0.05) is 48.5 Å². The number of hydrogen-bond donors (Lipinski definition) is 1. The van der Waals surface area contributed by atoms with Crippen LogP contribution in [0.5, 0.6) is 5.75 Å². The third kappa shape index (κ3) is 5.55. The molecule has 3 rings (SSSR count). The van der Waals surface area contributed by atoms with E-state index in [0.29, 0.717) is 19.3 Å². The molecule has 0 spiro atoms. The summed E-state index contributed by atoms with van der Waals surface area (Å²) in [6.07, 6.45) is 0.307. The molecule has 3 nitrogen and oxygen atoms in total. The minimum absolute atomic E-state index is 0.307. The Kier molecular flexibility index (Phi) is 5.41. The maximum atomic E-state index is 5.51. The number of rotatable bonds is 4. The molecular formula is C16H19NO2. The van der Waals surface area contributed by atoms with Crippen LogP contribution in [0.2, 0.25) is 0 Å². The van der Waals surface area contributed by atoms with Gasteiger partial charge in [0.25, 0.3) is 0 Å². The molecule has 0 aromatic heterocycles. The molecule has 1 aliphatic rings. The van der Waals surface area contributed by atoms with Crippen LogP contribution in [0, 0.1) is 0 Å². The summed E-state index contributed by atoms with van der Waals surface area (Å²) in [5, 5.41) is 0. The van der Waals surface area contributed by atoms with Crippen molar-refractivity contribution in [1.29, 1.82) is 0 Å². The average molecular weight is 257 g/mol. The molecule has 1 aliphatic heterocycles. The van der Waals surface area contributed by atoms with Crippen molar-refractivity contribution in [3.8, 4) is 5.75 Å². The van der Waals surface area contributed by atoms with Crippen LogP contribution in [0.4, 0.5) is 0 Å². The van der Waals surface area contributed by atoms with Crippen LogP contribution in [0.1, 0.15) is 5.56 Å². The van der Waals surface area contributed by atoms with Crippen molar-refractivity contribution in [2.24, 2.45) is 5.73 Å². The number of benzene rings is 2. The lowest BCUT2D eigenvalue weighted by Crippen LogP contribution is -2.04. The van der Waals surface area contributed by atoms with E-state index >= 15 is 0 Å². The zero-order chi connectivity index (χ0) is 13.3. The zero-order valence-corrected chi connectivity index (χ0v) is 10.9. The highest BCUT2D eigenvalue weighted by Gasteiger charge is 2.22. The normalized spacial score (nSPS) is 16.2. The fourth-order valence-corrected chi connectivity index (χ4v) is 1.50. The van der Waals surface area contributed by atoms with Crippen LogP contribution in [-0.4, -0.2) is 19.3 Å². The SMILES string of the molecule is NCc1cccc(OCC2CO2)c1.c1ccccc1. The smallest absolute Gasteiger partial charge is 0.119 e. The van der Waals surface area contributed by atoms with E-state index in [0.717, 1.165) is 17.9 Å². The van der Waals surface area contributed by atoms with E-state index in [1.807, 2.05) is 60.7 Å². The highest BCUT2D eigenvalue weighted by atomic mass is 16.6. The third-order valence-electron chi connectivity index (χ3n) is 2.64. The van der Waals surface area contributed by atoms with Gasteiger partial charge in [0, 0.05) is 6.54 Å². The Morgan fingerprint density at radius 1 is 1.05 bits per heavy atom. The van der Waals surface area contributed by atoms with E-state index in [2.05, 4.69) is 0 Å². The summed E-state index contributed by atoms with van der Waals surface area (Å²) in [6.45, 7) is 2.03. The largest absolute Gasteiger partial charge is 0.491 e. The van der Waals surface area contributed by atoms with Crippen LogP contribution >= 0.6 is 0 Å². The van der Waals surface area contributed by atoms with E-state index in [9.17, 15) is 0 Å². The first-order chi connectivity index (χ1) is 9.38. The Morgan fingerprint density at radius 3 is 2.21 bits per heavy atom. The van der Waals surface area contributed by atoms with Gasteiger partial charge in [-0.15, -0.1) is 0 Å². The summed E-state index contributed by atoms with van der Waals surface area (Å²) in [4.78, 5) is 0. The number of hydrogen-bond acceptors (Lipinski definition) is 3. The van der Waals surface area contributed by atoms with Crippen LogP contribution in [-0.2, 0) is 11.3 Å². The quantitative estimate of drug-likeness (QED) is 0.856. The maximum absolute atomic E-state index is 5.51. The lowest BCUT2D eigenvalue weighted by atomic mass is 10.2. The first kappa shape index (κ1) is 13.6. The first-order valence-electron chi connectivity index (χ1n) is 6.42. The molecule has 0 radical (unpaired) electrons. The number of nitrogens with two attached hydrogens (primary N) is 1. The minimum atomic E-state index is 0.307. The van der Waals surface area contributed by atoms with Gasteiger partial charge in [0.05, 0.1) is 6.61 Å².